The third-order valence-electron chi connectivity index (χ3n) is 8.25. The van der Waals surface area contributed by atoms with Gasteiger partial charge in [-0.05, 0) is 42.5 Å². The summed E-state index contributed by atoms with van der Waals surface area (Å²) >= 11 is 2.06. The quantitative estimate of drug-likeness (QED) is 0.482. The van der Waals surface area contributed by atoms with Crippen LogP contribution >= 0.6 is 11.8 Å². The van der Waals surface area contributed by atoms with Crippen molar-refractivity contribution in [2.75, 3.05) is 49.1 Å². The summed E-state index contributed by atoms with van der Waals surface area (Å²) in [5, 5.41) is 11.0. The molecule has 1 N–H and O–H groups in total. The summed E-state index contributed by atoms with van der Waals surface area (Å²) in [7, 11) is 0. The molecule has 0 unspecified atom stereocenters. The van der Waals surface area contributed by atoms with E-state index in [2.05, 4.69) is 56.5 Å². The second kappa shape index (κ2) is 9.90. The van der Waals surface area contributed by atoms with Gasteiger partial charge in [-0.1, -0.05) is 43.5 Å². The first-order valence-electron chi connectivity index (χ1n) is 13.2. The first kappa shape index (κ1) is 23.0. The first-order valence-corrected chi connectivity index (χ1v) is 14.4. The van der Waals surface area contributed by atoms with Crippen molar-refractivity contribution in [3.05, 3.63) is 53.6 Å². The average molecular weight is 490 g/mol. The fourth-order valence-electron chi connectivity index (χ4n) is 6.45. The van der Waals surface area contributed by atoms with Crippen molar-refractivity contribution in [3.63, 3.8) is 0 Å². The summed E-state index contributed by atoms with van der Waals surface area (Å²) < 4.78 is 2.45. The molecular formula is C29H35N3O2S. The zero-order valence-corrected chi connectivity index (χ0v) is 21.2. The predicted octanol–water partition coefficient (Wildman–Crippen LogP) is 5.92. The van der Waals surface area contributed by atoms with Gasteiger partial charge in [0, 0.05) is 72.9 Å². The molecule has 5 nitrogen and oxygen atoms in total. The Hall–Kier alpha value is -2.44. The minimum Gasteiger partial charge on any atom is -0.478 e. The van der Waals surface area contributed by atoms with Gasteiger partial charge in [0.2, 0.25) is 0 Å². The number of fused-ring (bicyclic) bond motifs is 5. The van der Waals surface area contributed by atoms with Gasteiger partial charge in [-0.3, -0.25) is 4.90 Å². The normalized spacial score (nSPS) is 19.4. The molecule has 1 saturated heterocycles. The van der Waals surface area contributed by atoms with E-state index >= 15 is 0 Å². The predicted molar refractivity (Wildman–Crippen MR) is 146 cm³/mol. The van der Waals surface area contributed by atoms with E-state index < -0.39 is 5.97 Å². The maximum Gasteiger partial charge on any atom is 0.335 e. The van der Waals surface area contributed by atoms with Gasteiger partial charge in [0.05, 0.1) is 11.3 Å². The van der Waals surface area contributed by atoms with Crippen molar-refractivity contribution in [1.82, 2.24) is 9.47 Å². The third-order valence-corrected chi connectivity index (χ3v) is 9.19. The highest BCUT2D eigenvalue weighted by molar-refractivity contribution is 7.99. The van der Waals surface area contributed by atoms with Crippen LogP contribution in [0.15, 0.2) is 42.5 Å². The molecule has 3 aromatic rings. The maximum atomic E-state index is 11.9. The Morgan fingerprint density at radius 3 is 2.54 bits per heavy atom. The number of rotatable bonds is 5. The maximum absolute atomic E-state index is 11.9. The van der Waals surface area contributed by atoms with Crippen LogP contribution in [0.2, 0.25) is 0 Å². The van der Waals surface area contributed by atoms with Crippen LogP contribution in [-0.4, -0.2) is 64.8 Å². The Labute approximate surface area is 212 Å². The fraction of sp³-hybridized carbons (Fsp3) is 0.483. The Kier molecular flexibility index (Phi) is 6.50. The Bertz CT molecular complexity index is 1220. The number of aromatic nitrogens is 1. The number of benzene rings is 2. The molecule has 0 amide bonds. The number of hydrogen-bond donors (Lipinski definition) is 1. The van der Waals surface area contributed by atoms with Crippen molar-refractivity contribution in [2.24, 2.45) is 0 Å². The Morgan fingerprint density at radius 2 is 1.74 bits per heavy atom. The lowest BCUT2D eigenvalue weighted by molar-refractivity contribution is 0.0697. The number of carbonyl (C=O) groups is 1. The molecule has 35 heavy (non-hydrogen) atoms. The van der Waals surface area contributed by atoms with Gasteiger partial charge >= 0.3 is 5.97 Å². The zero-order valence-electron chi connectivity index (χ0n) is 20.4. The number of hydrogen-bond acceptors (Lipinski definition) is 4. The van der Waals surface area contributed by atoms with Crippen LogP contribution in [-0.2, 0) is 6.54 Å². The largest absolute Gasteiger partial charge is 0.478 e. The van der Waals surface area contributed by atoms with Crippen LogP contribution in [0.1, 0.15) is 53.9 Å². The minimum absolute atomic E-state index is 0.380. The van der Waals surface area contributed by atoms with Crippen LogP contribution in [0.25, 0.3) is 22.2 Å². The monoisotopic (exact) mass is 489 g/mol. The summed E-state index contributed by atoms with van der Waals surface area (Å²) in [6.07, 6.45) is 6.35. The molecule has 3 heterocycles. The number of carboxylic acids is 1. The molecule has 1 saturated carbocycles. The second-order valence-electron chi connectivity index (χ2n) is 10.2. The average Bonchev–Trinajstić information content (AvgIpc) is 3.14. The number of aromatic carboxylic acids is 1. The molecule has 2 aromatic carbocycles. The van der Waals surface area contributed by atoms with Crippen LogP contribution in [0.4, 0.5) is 5.69 Å². The van der Waals surface area contributed by atoms with Gasteiger partial charge in [-0.2, -0.15) is 11.8 Å². The summed E-state index contributed by atoms with van der Waals surface area (Å²) in [6, 6.07) is 14.7. The van der Waals surface area contributed by atoms with Crippen LogP contribution in [0, 0.1) is 0 Å². The molecule has 0 atom stereocenters. The number of nitrogens with zero attached hydrogens (tertiary/aromatic N) is 3. The molecule has 2 aliphatic heterocycles. The summed E-state index contributed by atoms with van der Waals surface area (Å²) in [4.78, 5) is 17.0. The van der Waals surface area contributed by atoms with E-state index in [1.807, 2.05) is 6.07 Å². The topological polar surface area (TPSA) is 48.7 Å². The van der Waals surface area contributed by atoms with Crippen LogP contribution in [0.5, 0.6) is 0 Å². The summed E-state index contributed by atoms with van der Waals surface area (Å²) in [5.74, 6) is 2.18. The summed E-state index contributed by atoms with van der Waals surface area (Å²) in [5.41, 5.74) is 6.90. The van der Waals surface area contributed by atoms with Crippen molar-refractivity contribution in [3.8, 4) is 11.3 Å². The lowest BCUT2D eigenvalue weighted by Crippen LogP contribution is -2.40. The number of thioether (sulfide) groups is 1. The van der Waals surface area contributed by atoms with E-state index in [0.29, 0.717) is 11.5 Å². The van der Waals surface area contributed by atoms with E-state index in [9.17, 15) is 9.90 Å². The Balaban J connectivity index is 1.46. The molecular weight excluding hydrogens is 454 g/mol. The van der Waals surface area contributed by atoms with Gasteiger partial charge in [0.1, 0.15) is 0 Å². The van der Waals surface area contributed by atoms with Gasteiger partial charge in [0.25, 0.3) is 0 Å². The number of carboxylic acid groups (broad SMARTS) is 1. The summed E-state index contributed by atoms with van der Waals surface area (Å²) in [6.45, 7) is 6.33. The highest BCUT2D eigenvalue weighted by atomic mass is 32.2. The molecule has 6 heteroatoms. The van der Waals surface area contributed by atoms with Crippen molar-refractivity contribution in [1.29, 1.82) is 0 Å². The standard InChI is InChI=1S/C29H35N3O2S/c33-29(34)22-10-11-23-26(20-22)32-15-14-31(13-12-30-16-18-35-19-17-30)25-9-5-4-8-24(25)28(32)27(23)21-6-2-1-3-7-21/h4-5,8-11,20-21H,1-3,6-7,12-19H2,(H,33,34). The highest BCUT2D eigenvalue weighted by Crippen LogP contribution is 2.47. The lowest BCUT2D eigenvalue weighted by atomic mass is 9.81. The molecule has 1 aliphatic carbocycles. The van der Waals surface area contributed by atoms with E-state index in [4.69, 9.17) is 0 Å². The number of para-hydroxylation sites is 1. The van der Waals surface area contributed by atoms with Crippen molar-refractivity contribution in [2.45, 2.75) is 44.6 Å². The van der Waals surface area contributed by atoms with Gasteiger partial charge in [-0.25, -0.2) is 4.79 Å². The van der Waals surface area contributed by atoms with Crippen LogP contribution in [0.3, 0.4) is 0 Å². The van der Waals surface area contributed by atoms with E-state index in [0.717, 1.165) is 31.7 Å². The third kappa shape index (κ3) is 4.36. The first-order chi connectivity index (χ1) is 17.2. The second-order valence-corrected chi connectivity index (χ2v) is 11.5. The van der Waals surface area contributed by atoms with Gasteiger partial charge in [0.15, 0.2) is 0 Å². The zero-order chi connectivity index (χ0) is 23.8. The van der Waals surface area contributed by atoms with Gasteiger partial charge < -0.3 is 14.6 Å². The van der Waals surface area contributed by atoms with Crippen molar-refractivity contribution < 1.29 is 9.90 Å². The molecule has 1 aromatic heterocycles. The van der Waals surface area contributed by atoms with Crippen molar-refractivity contribution >= 4 is 34.3 Å². The molecule has 2 fully saturated rings. The van der Waals surface area contributed by atoms with E-state index in [-0.39, 0.29) is 0 Å². The SMILES string of the molecule is O=C(O)c1ccc2c(C3CCCCC3)c3n(c2c1)CCN(CCN1CCSCC1)c1ccccc1-3. The molecule has 0 spiro atoms. The van der Waals surface area contributed by atoms with E-state index in [1.54, 1.807) is 6.07 Å². The smallest absolute Gasteiger partial charge is 0.335 e. The van der Waals surface area contributed by atoms with Crippen LogP contribution < -0.4 is 4.90 Å². The highest BCUT2D eigenvalue weighted by Gasteiger charge is 2.30. The minimum atomic E-state index is -0.850. The van der Waals surface area contributed by atoms with Gasteiger partial charge in [-0.15, -0.1) is 0 Å². The Morgan fingerprint density at radius 1 is 0.943 bits per heavy atom. The molecule has 3 aliphatic rings. The lowest BCUT2D eigenvalue weighted by Gasteiger charge is -2.31. The van der Waals surface area contributed by atoms with E-state index in [1.165, 1.54) is 84.6 Å². The fourth-order valence-corrected chi connectivity index (χ4v) is 7.43. The molecule has 0 radical (unpaired) electrons. The number of anilines is 1. The molecule has 6 rings (SSSR count). The molecule has 184 valence electrons. The molecule has 0 bridgehead atoms.